The molecule has 0 bridgehead atoms. The molecule has 1 aliphatic heterocycles. The van der Waals surface area contributed by atoms with E-state index in [1.54, 1.807) is 4.57 Å². The summed E-state index contributed by atoms with van der Waals surface area (Å²) in [5, 5.41) is 4.04. The van der Waals surface area contributed by atoms with Crippen LogP contribution in [0.3, 0.4) is 0 Å². The van der Waals surface area contributed by atoms with Crippen LogP contribution in [0.2, 0.25) is 0 Å². The van der Waals surface area contributed by atoms with Crippen molar-refractivity contribution < 1.29 is 14.3 Å². The first-order valence-electron chi connectivity index (χ1n) is 11.6. The number of aromatic nitrogens is 2. The zero-order chi connectivity index (χ0) is 23.1. The molecule has 7 nitrogen and oxygen atoms in total. The Balaban J connectivity index is 1.54. The Labute approximate surface area is 199 Å². The summed E-state index contributed by atoms with van der Waals surface area (Å²) in [6.07, 6.45) is 8.84. The van der Waals surface area contributed by atoms with Gasteiger partial charge >= 0.3 is 5.97 Å². The molecule has 2 aliphatic rings. The number of thiophene rings is 2. The number of hydrogen-bond donors (Lipinski definition) is 1. The van der Waals surface area contributed by atoms with Crippen molar-refractivity contribution in [2.24, 2.45) is 0 Å². The van der Waals surface area contributed by atoms with E-state index in [9.17, 15) is 14.4 Å². The predicted molar refractivity (Wildman–Crippen MR) is 131 cm³/mol. The van der Waals surface area contributed by atoms with Gasteiger partial charge in [-0.05, 0) is 56.6 Å². The molecule has 1 N–H and O–H groups in total. The van der Waals surface area contributed by atoms with Crippen molar-refractivity contribution in [3.63, 3.8) is 0 Å². The van der Waals surface area contributed by atoms with Crippen LogP contribution in [0.25, 0.3) is 10.2 Å². The van der Waals surface area contributed by atoms with E-state index in [0.717, 1.165) is 74.1 Å². The molecule has 0 atom stereocenters. The second-order valence-corrected chi connectivity index (χ2v) is 10.9. The number of rotatable bonds is 3. The fourth-order valence-electron chi connectivity index (χ4n) is 4.94. The molecule has 0 unspecified atom stereocenters. The average molecular weight is 486 g/mol. The van der Waals surface area contributed by atoms with E-state index < -0.39 is 5.97 Å². The number of fused-ring (bicyclic) bond motifs is 3. The fraction of sp³-hybridized carbons (Fsp3) is 0.500. The lowest BCUT2D eigenvalue weighted by Gasteiger charge is -2.08. The highest BCUT2D eigenvalue weighted by atomic mass is 32.1. The molecule has 0 spiro atoms. The molecular weight excluding hydrogens is 458 g/mol. The number of methoxy groups -OCH3 is 1. The van der Waals surface area contributed by atoms with Crippen molar-refractivity contribution in [3.8, 4) is 0 Å². The maximum Gasteiger partial charge on any atom is 0.341 e. The zero-order valence-electron chi connectivity index (χ0n) is 18.9. The number of hydrogen-bond acceptors (Lipinski definition) is 7. The van der Waals surface area contributed by atoms with Gasteiger partial charge in [0.25, 0.3) is 11.5 Å². The van der Waals surface area contributed by atoms with Gasteiger partial charge in [-0.25, -0.2) is 9.78 Å². The van der Waals surface area contributed by atoms with Crippen molar-refractivity contribution in [2.45, 2.75) is 71.3 Å². The molecule has 0 radical (unpaired) electrons. The highest BCUT2D eigenvalue weighted by molar-refractivity contribution is 7.21. The topological polar surface area (TPSA) is 90.3 Å². The third kappa shape index (κ3) is 3.91. The lowest BCUT2D eigenvalue weighted by molar-refractivity contribution is 0.0601. The molecule has 1 amide bonds. The first-order valence-corrected chi connectivity index (χ1v) is 13.2. The maximum atomic E-state index is 13.4. The van der Waals surface area contributed by atoms with Gasteiger partial charge in [0.1, 0.15) is 15.7 Å². The predicted octanol–water partition coefficient (Wildman–Crippen LogP) is 4.86. The number of esters is 1. The quantitative estimate of drug-likeness (QED) is 0.423. The van der Waals surface area contributed by atoms with E-state index in [1.807, 2.05) is 6.92 Å². The Morgan fingerprint density at radius 1 is 1.03 bits per heavy atom. The number of amides is 1. The number of aryl methyl sites for hydroxylation is 3. The van der Waals surface area contributed by atoms with E-state index in [4.69, 9.17) is 9.72 Å². The number of carbonyl (C=O) groups excluding carboxylic acids is 2. The molecule has 0 aromatic carbocycles. The smallest absolute Gasteiger partial charge is 0.341 e. The van der Waals surface area contributed by atoms with E-state index in [1.165, 1.54) is 29.8 Å². The van der Waals surface area contributed by atoms with Gasteiger partial charge in [-0.3, -0.25) is 14.2 Å². The molecule has 3 aromatic rings. The molecule has 3 aromatic heterocycles. The van der Waals surface area contributed by atoms with E-state index >= 15 is 0 Å². The van der Waals surface area contributed by atoms with Crippen LogP contribution in [0, 0.1) is 6.92 Å². The van der Waals surface area contributed by atoms with Crippen molar-refractivity contribution in [1.82, 2.24) is 9.55 Å². The minimum atomic E-state index is -0.415. The molecule has 5 rings (SSSR count). The number of nitrogens with one attached hydrogen (secondary N) is 1. The SMILES string of the molecule is COC(=O)c1c(NC(=O)c2sc3nc4n(c(=O)c3c2C)CCCCC4)sc2c1CCCCC2. The maximum absolute atomic E-state index is 13.4. The van der Waals surface area contributed by atoms with Crippen LogP contribution >= 0.6 is 22.7 Å². The zero-order valence-corrected chi connectivity index (χ0v) is 20.5. The lowest BCUT2D eigenvalue weighted by atomic mass is 10.1. The second-order valence-electron chi connectivity index (χ2n) is 8.75. The van der Waals surface area contributed by atoms with Crippen LogP contribution in [0.1, 0.15) is 80.4 Å². The van der Waals surface area contributed by atoms with Crippen LogP contribution in [-0.4, -0.2) is 28.5 Å². The Kier molecular flexibility index (Phi) is 6.09. The van der Waals surface area contributed by atoms with Crippen LogP contribution < -0.4 is 10.9 Å². The molecular formula is C24H27N3O4S2. The largest absolute Gasteiger partial charge is 0.465 e. The number of ether oxygens (including phenoxy) is 1. The number of anilines is 1. The highest BCUT2D eigenvalue weighted by Crippen LogP contribution is 2.39. The summed E-state index contributed by atoms with van der Waals surface area (Å²) in [7, 11) is 1.37. The van der Waals surface area contributed by atoms with Gasteiger partial charge in [0.05, 0.1) is 22.9 Å². The van der Waals surface area contributed by atoms with Gasteiger partial charge in [0, 0.05) is 17.8 Å². The molecule has 0 fully saturated rings. The van der Waals surface area contributed by atoms with Gasteiger partial charge in [0.2, 0.25) is 0 Å². The standard InChI is InChI=1S/C24H27N3O4S2/c1-13-17-21(25-16-11-7-4-8-12-27(16)23(17)29)33-19(13)20(28)26-22-18(24(30)31-2)14-9-5-3-6-10-15(14)32-22/h3-12H2,1-2H3,(H,26,28). The fourth-order valence-corrected chi connectivity index (χ4v) is 7.29. The molecule has 0 saturated heterocycles. The first kappa shape index (κ1) is 22.3. The third-order valence-electron chi connectivity index (χ3n) is 6.66. The van der Waals surface area contributed by atoms with E-state index in [0.29, 0.717) is 37.8 Å². The Morgan fingerprint density at radius 3 is 2.61 bits per heavy atom. The van der Waals surface area contributed by atoms with Crippen molar-refractivity contribution >= 4 is 49.8 Å². The molecule has 174 valence electrons. The summed E-state index contributed by atoms with van der Waals surface area (Å²) in [4.78, 5) is 46.2. The van der Waals surface area contributed by atoms with Gasteiger partial charge in [-0.2, -0.15) is 0 Å². The Bertz CT molecular complexity index is 1320. The number of carbonyl (C=O) groups is 2. The monoisotopic (exact) mass is 485 g/mol. The van der Waals surface area contributed by atoms with E-state index in [-0.39, 0.29) is 11.5 Å². The van der Waals surface area contributed by atoms with Crippen LogP contribution in [0.15, 0.2) is 4.79 Å². The van der Waals surface area contributed by atoms with Crippen LogP contribution in [0.4, 0.5) is 5.00 Å². The molecule has 9 heteroatoms. The van der Waals surface area contributed by atoms with Crippen molar-refractivity contribution in [3.05, 3.63) is 42.6 Å². The first-order chi connectivity index (χ1) is 16.0. The molecule has 0 saturated carbocycles. The highest BCUT2D eigenvalue weighted by Gasteiger charge is 2.28. The summed E-state index contributed by atoms with van der Waals surface area (Å²) in [5.41, 5.74) is 2.10. The summed E-state index contributed by atoms with van der Waals surface area (Å²) in [6.45, 7) is 2.49. The Morgan fingerprint density at radius 2 is 1.79 bits per heavy atom. The summed E-state index contributed by atoms with van der Waals surface area (Å²) >= 11 is 2.73. The van der Waals surface area contributed by atoms with Gasteiger partial charge < -0.3 is 10.1 Å². The summed E-state index contributed by atoms with van der Waals surface area (Å²) < 4.78 is 6.83. The summed E-state index contributed by atoms with van der Waals surface area (Å²) in [5.74, 6) is 0.0891. The van der Waals surface area contributed by atoms with Gasteiger partial charge in [0.15, 0.2) is 0 Å². The Hall–Kier alpha value is -2.52. The molecule has 1 aliphatic carbocycles. The molecule has 4 heterocycles. The normalized spacial score (nSPS) is 15.9. The average Bonchev–Trinajstić information content (AvgIpc) is 3.08. The minimum absolute atomic E-state index is 0.0530. The van der Waals surface area contributed by atoms with E-state index in [2.05, 4.69) is 5.32 Å². The van der Waals surface area contributed by atoms with Crippen LogP contribution in [0.5, 0.6) is 0 Å². The summed E-state index contributed by atoms with van der Waals surface area (Å²) in [6, 6.07) is 0. The van der Waals surface area contributed by atoms with Crippen molar-refractivity contribution in [1.29, 1.82) is 0 Å². The van der Waals surface area contributed by atoms with Crippen molar-refractivity contribution in [2.75, 3.05) is 12.4 Å². The minimum Gasteiger partial charge on any atom is -0.465 e. The van der Waals surface area contributed by atoms with Gasteiger partial charge in [-0.1, -0.05) is 12.8 Å². The number of nitrogens with zero attached hydrogens (tertiary/aromatic N) is 2. The third-order valence-corrected chi connectivity index (χ3v) is 9.05. The van der Waals surface area contributed by atoms with Crippen LogP contribution in [-0.2, 0) is 30.5 Å². The lowest BCUT2D eigenvalue weighted by Crippen LogP contribution is -2.24. The molecule has 33 heavy (non-hydrogen) atoms. The van der Waals surface area contributed by atoms with Gasteiger partial charge in [-0.15, -0.1) is 22.7 Å². The second kappa shape index (κ2) is 9.02.